The molecule has 42 heavy (non-hydrogen) atoms. The Bertz CT molecular complexity index is 1290. The summed E-state index contributed by atoms with van der Waals surface area (Å²) in [5, 5.41) is 5.80. The molecule has 1 aromatic carbocycles. The van der Waals surface area contributed by atoms with Crippen molar-refractivity contribution in [2.24, 2.45) is 0 Å². The third kappa shape index (κ3) is 9.41. The number of hydrogen-bond acceptors (Lipinski definition) is 7. The van der Waals surface area contributed by atoms with Gasteiger partial charge in [-0.15, -0.1) is 0 Å². The second kappa shape index (κ2) is 14.6. The average Bonchev–Trinajstić information content (AvgIpc) is 3.48. The van der Waals surface area contributed by atoms with Gasteiger partial charge in [0.15, 0.2) is 0 Å². The van der Waals surface area contributed by atoms with Crippen LogP contribution in [0.2, 0.25) is 0 Å². The number of aromatic amines is 1. The molecule has 2 N–H and O–H groups in total. The Kier molecular flexibility index (Phi) is 10.7. The molecule has 0 bridgehead atoms. The van der Waals surface area contributed by atoms with E-state index in [4.69, 9.17) is 4.74 Å². The van der Waals surface area contributed by atoms with Crippen molar-refractivity contribution in [3.05, 3.63) is 83.7 Å². The zero-order chi connectivity index (χ0) is 30.0. The van der Waals surface area contributed by atoms with E-state index in [1.54, 1.807) is 43.2 Å². The van der Waals surface area contributed by atoms with Crippen LogP contribution in [0.1, 0.15) is 73.9 Å². The van der Waals surface area contributed by atoms with E-state index < -0.39 is 11.7 Å². The van der Waals surface area contributed by atoms with Gasteiger partial charge in [-0.05, 0) is 69.9 Å². The first-order valence-electron chi connectivity index (χ1n) is 14.5. The lowest BCUT2D eigenvalue weighted by Gasteiger charge is -2.38. The molecule has 0 atom stereocenters. The number of carbonyl (C=O) groups is 3. The number of carbonyl (C=O) groups excluding carboxylic acids is 3. The normalized spacial score (nSPS) is 13.7. The third-order valence-electron chi connectivity index (χ3n) is 6.69. The Labute approximate surface area is 247 Å². The Morgan fingerprint density at radius 2 is 1.71 bits per heavy atom. The van der Waals surface area contributed by atoms with Crippen molar-refractivity contribution in [3.8, 4) is 0 Å². The van der Waals surface area contributed by atoms with Crippen LogP contribution in [-0.4, -0.2) is 73.0 Å². The molecule has 0 aliphatic carbocycles. The first-order valence-corrected chi connectivity index (χ1v) is 14.5. The number of aromatic nitrogens is 3. The minimum Gasteiger partial charge on any atom is -0.444 e. The molecule has 11 heteroatoms. The molecule has 3 aromatic rings. The van der Waals surface area contributed by atoms with E-state index in [1.807, 2.05) is 48.7 Å². The molecule has 4 rings (SSSR count). The predicted octanol–water partition coefficient (Wildman–Crippen LogP) is 4.29. The van der Waals surface area contributed by atoms with Crippen molar-refractivity contribution in [1.82, 2.24) is 35.2 Å². The van der Waals surface area contributed by atoms with Gasteiger partial charge in [-0.2, -0.15) is 0 Å². The van der Waals surface area contributed by atoms with Crippen LogP contribution in [0, 0.1) is 0 Å². The zero-order valence-corrected chi connectivity index (χ0v) is 24.7. The fourth-order valence-electron chi connectivity index (χ4n) is 4.75. The molecule has 1 saturated heterocycles. The molecule has 1 aliphatic heterocycles. The molecule has 11 nitrogen and oxygen atoms in total. The van der Waals surface area contributed by atoms with Crippen molar-refractivity contribution >= 4 is 17.9 Å². The van der Waals surface area contributed by atoms with Crippen LogP contribution in [0.15, 0.2) is 61.1 Å². The van der Waals surface area contributed by atoms with Gasteiger partial charge in [-0.3, -0.25) is 24.5 Å². The number of ether oxygens (including phenoxy) is 1. The topological polar surface area (TPSA) is 124 Å². The molecule has 1 fully saturated rings. The van der Waals surface area contributed by atoms with Crippen LogP contribution in [0.3, 0.4) is 0 Å². The molecular formula is C31H41N7O4. The number of alkyl carbamates (subject to hydrolysis) is 1. The fourth-order valence-corrected chi connectivity index (χ4v) is 4.75. The minimum atomic E-state index is -0.578. The van der Waals surface area contributed by atoms with Crippen molar-refractivity contribution in [1.29, 1.82) is 0 Å². The smallest absolute Gasteiger partial charge is 0.407 e. The van der Waals surface area contributed by atoms with Crippen molar-refractivity contribution in [2.45, 2.75) is 71.7 Å². The SMILES string of the molecule is CC(C)(C)OC(=O)NCCCC(=O)N1CCCCN1C(=O)c1ccc(CN(Cc2ccccn2)Cc2ncc[nH]2)cc1. The number of benzene rings is 1. The number of rotatable bonds is 11. The zero-order valence-electron chi connectivity index (χ0n) is 24.7. The van der Waals surface area contributed by atoms with E-state index >= 15 is 0 Å². The lowest BCUT2D eigenvalue weighted by molar-refractivity contribution is -0.147. The summed E-state index contributed by atoms with van der Waals surface area (Å²) in [6, 6.07) is 13.4. The monoisotopic (exact) mass is 575 g/mol. The van der Waals surface area contributed by atoms with Gasteiger partial charge < -0.3 is 15.0 Å². The molecule has 3 heterocycles. The van der Waals surface area contributed by atoms with Crippen molar-refractivity contribution in [2.75, 3.05) is 19.6 Å². The van der Waals surface area contributed by atoms with Crippen LogP contribution < -0.4 is 5.32 Å². The van der Waals surface area contributed by atoms with E-state index in [0.29, 0.717) is 51.3 Å². The van der Waals surface area contributed by atoms with Gasteiger partial charge in [0, 0.05) is 63.3 Å². The second-order valence-electron chi connectivity index (χ2n) is 11.4. The van der Waals surface area contributed by atoms with E-state index in [-0.39, 0.29) is 18.2 Å². The fraction of sp³-hybridized carbons (Fsp3) is 0.452. The molecule has 224 valence electrons. The lowest BCUT2D eigenvalue weighted by atomic mass is 10.1. The number of nitrogens with one attached hydrogen (secondary N) is 2. The van der Waals surface area contributed by atoms with Gasteiger partial charge >= 0.3 is 6.09 Å². The standard InChI is InChI=1S/C31H41N7O4/c1-31(2,3)42-30(41)35-16-8-10-28(39)37-19-6-7-20-38(37)29(40)25-13-11-24(12-14-25)21-36(23-27-33-17-18-34-27)22-26-9-4-5-15-32-26/h4-5,9,11-15,17-18H,6-8,10,16,19-23H2,1-3H3,(H,33,34)(H,35,41). The Balaban J connectivity index is 1.34. The van der Waals surface area contributed by atoms with Gasteiger partial charge in [0.05, 0.1) is 12.2 Å². The predicted molar refractivity (Wildman–Crippen MR) is 158 cm³/mol. The Hall–Kier alpha value is -4.25. The maximum Gasteiger partial charge on any atom is 0.407 e. The van der Waals surface area contributed by atoms with Gasteiger partial charge in [0.2, 0.25) is 5.91 Å². The van der Waals surface area contributed by atoms with Crippen LogP contribution in [0.4, 0.5) is 4.79 Å². The van der Waals surface area contributed by atoms with E-state index in [9.17, 15) is 14.4 Å². The molecule has 2 aromatic heterocycles. The summed E-state index contributed by atoms with van der Waals surface area (Å²) in [5.41, 5.74) is 1.97. The molecule has 3 amide bonds. The number of hydrogen-bond donors (Lipinski definition) is 2. The first-order chi connectivity index (χ1) is 20.2. The number of hydrazine groups is 1. The number of nitrogens with zero attached hydrogens (tertiary/aromatic N) is 5. The maximum absolute atomic E-state index is 13.5. The molecule has 0 unspecified atom stereocenters. The number of imidazole rings is 1. The van der Waals surface area contributed by atoms with Gasteiger partial charge in [0.25, 0.3) is 5.91 Å². The minimum absolute atomic E-state index is 0.131. The Morgan fingerprint density at radius 3 is 2.38 bits per heavy atom. The highest BCUT2D eigenvalue weighted by molar-refractivity contribution is 5.95. The maximum atomic E-state index is 13.5. The molecule has 1 aliphatic rings. The third-order valence-corrected chi connectivity index (χ3v) is 6.69. The van der Waals surface area contributed by atoms with Crippen LogP contribution in [-0.2, 0) is 29.2 Å². The van der Waals surface area contributed by atoms with Gasteiger partial charge in [-0.1, -0.05) is 18.2 Å². The summed E-state index contributed by atoms with van der Waals surface area (Å²) >= 11 is 0. The summed E-state index contributed by atoms with van der Waals surface area (Å²) in [6.45, 7) is 8.63. The first kappa shape index (κ1) is 30.7. The summed E-state index contributed by atoms with van der Waals surface area (Å²) in [5.74, 6) is 0.546. The summed E-state index contributed by atoms with van der Waals surface area (Å²) in [4.78, 5) is 52.6. The summed E-state index contributed by atoms with van der Waals surface area (Å²) in [7, 11) is 0. The highest BCUT2D eigenvalue weighted by Crippen LogP contribution is 2.19. The average molecular weight is 576 g/mol. The quantitative estimate of drug-likeness (QED) is 0.327. The molecule has 0 radical (unpaired) electrons. The van der Waals surface area contributed by atoms with Gasteiger partial charge in [-0.25, -0.2) is 14.8 Å². The van der Waals surface area contributed by atoms with E-state index in [0.717, 1.165) is 29.9 Å². The summed E-state index contributed by atoms with van der Waals surface area (Å²) in [6.07, 6.45) is 7.19. The molecule has 0 saturated carbocycles. The van der Waals surface area contributed by atoms with Crippen molar-refractivity contribution in [3.63, 3.8) is 0 Å². The Morgan fingerprint density at radius 1 is 0.952 bits per heavy atom. The summed E-state index contributed by atoms with van der Waals surface area (Å²) < 4.78 is 5.23. The largest absolute Gasteiger partial charge is 0.444 e. The van der Waals surface area contributed by atoms with E-state index in [2.05, 4.69) is 25.2 Å². The lowest BCUT2D eigenvalue weighted by Crippen LogP contribution is -2.53. The van der Waals surface area contributed by atoms with Crippen LogP contribution in [0.5, 0.6) is 0 Å². The van der Waals surface area contributed by atoms with E-state index in [1.165, 1.54) is 0 Å². The highest BCUT2D eigenvalue weighted by atomic mass is 16.6. The molecular weight excluding hydrogens is 534 g/mol. The van der Waals surface area contributed by atoms with Gasteiger partial charge in [0.1, 0.15) is 11.4 Å². The van der Waals surface area contributed by atoms with Crippen LogP contribution in [0.25, 0.3) is 0 Å². The van der Waals surface area contributed by atoms with Crippen molar-refractivity contribution < 1.29 is 19.1 Å². The highest BCUT2D eigenvalue weighted by Gasteiger charge is 2.29. The number of amides is 3. The number of pyridine rings is 1. The molecule has 0 spiro atoms. The van der Waals surface area contributed by atoms with Crippen LogP contribution >= 0.6 is 0 Å². The second-order valence-corrected chi connectivity index (χ2v) is 11.4. The number of H-pyrrole nitrogens is 1.